The molecule has 2 fully saturated rings. The number of alkyl halides is 1. The largest absolute Gasteiger partial charge is 0.459 e. The first kappa shape index (κ1) is 16.2. The summed E-state index contributed by atoms with van der Waals surface area (Å²) in [6, 6.07) is 0. The van der Waals surface area contributed by atoms with Crippen molar-refractivity contribution in [2.24, 2.45) is 17.8 Å². The van der Waals surface area contributed by atoms with Gasteiger partial charge in [0.15, 0.2) is 0 Å². The van der Waals surface area contributed by atoms with Crippen LogP contribution in [0.1, 0.15) is 52.9 Å². The minimum absolute atomic E-state index is 0.0771. The molecule has 5 heteroatoms. The SMILES string of the molecule is CC1CCC(C(C)C)C(OC(=O)C2(F)CCCNC2=O)C1. The Balaban J connectivity index is 2.07. The van der Waals surface area contributed by atoms with Crippen LogP contribution < -0.4 is 5.32 Å². The van der Waals surface area contributed by atoms with Crippen LogP contribution >= 0.6 is 0 Å². The van der Waals surface area contributed by atoms with Crippen LogP contribution in [0.2, 0.25) is 0 Å². The van der Waals surface area contributed by atoms with Gasteiger partial charge in [0.25, 0.3) is 11.6 Å². The van der Waals surface area contributed by atoms with Crippen LogP contribution in [0.25, 0.3) is 0 Å². The molecule has 4 nitrogen and oxygen atoms in total. The molecule has 1 heterocycles. The average molecular weight is 299 g/mol. The topological polar surface area (TPSA) is 55.4 Å². The molecule has 0 aromatic heterocycles. The first-order chi connectivity index (χ1) is 9.84. The van der Waals surface area contributed by atoms with Crippen molar-refractivity contribution in [1.29, 1.82) is 0 Å². The standard InChI is InChI=1S/C16H26FNO3/c1-10(2)12-6-5-11(3)9-13(12)21-15(20)16(17)7-4-8-18-14(16)19/h10-13H,4-9H2,1-3H3,(H,18,19). The summed E-state index contributed by atoms with van der Waals surface area (Å²) in [7, 11) is 0. The van der Waals surface area contributed by atoms with Gasteiger partial charge < -0.3 is 10.1 Å². The van der Waals surface area contributed by atoms with Gasteiger partial charge in [-0.25, -0.2) is 9.18 Å². The van der Waals surface area contributed by atoms with E-state index in [0.29, 0.717) is 24.8 Å². The molecule has 0 bridgehead atoms. The molecule has 4 atom stereocenters. The molecule has 2 rings (SSSR count). The van der Waals surface area contributed by atoms with E-state index in [2.05, 4.69) is 26.1 Å². The van der Waals surface area contributed by atoms with E-state index in [1.165, 1.54) is 0 Å². The van der Waals surface area contributed by atoms with Crippen molar-refractivity contribution < 1.29 is 18.7 Å². The van der Waals surface area contributed by atoms with E-state index in [4.69, 9.17) is 4.74 Å². The summed E-state index contributed by atoms with van der Waals surface area (Å²) in [5, 5.41) is 2.42. The summed E-state index contributed by atoms with van der Waals surface area (Å²) in [6.07, 6.45) is 2.97. The Morgan fingerprint density at radius 2 is 2.14 bits per heavy atom. The van der Waals surface area contributed by atoms with Crippen molar-refractivity contribution in [2.45, 2.75) is 64.6 Å². The third-order valence-corrected chi connectivity index (χ3v) is 4.89. The fraction of sp³-hybridized carbons (Fsp3) is 0.875. The highest BCUT2D eigenvalue weighted by Gasteiger charge is 2.51. The summed E-state index contributed by atoms with van der Waals surface area (Å²) < 4.78 is 20.1. The number of halogens is 1. The number of piperidine rings is 1. The van der Waals surface area contributed by atoms with E-state index in [9.17, 15) is 14.0 Å². The highest BCUT2D eigenvalue weighted by atomic mass is 19.1. The van der Waals surface area contributed by atoms with E-state index >= 15 is 0 Å². The van der Waals surface area contributed by atoms with Crippen LogP contribution in [0.15, 0.2) is 0 Å². The van der Waals surface area contributed by atoms with Gasteiger partial charge in [-0.2, -0.15) is 0 Å². The van der Waals surface area contributed by atoms with Crippen molar-refractivity contribution in [1.82, 2.24) is 5.32 Å². The molecule has 0 spiro atoms. The van der Waals surface area contributed by atoms with Crippen LogP contribution in [-0.2, 0) is 14.3 Å². The molecule has 21 heavy (non-hydrogen) atoms. The van der Waals surface area contributed by atoms with Gasteiger partial charge in [-0.3, -0.25) is 4.79 Å². The molecule has 1 N–H and O–H groups in total. The first-order valence-corrected chi connectivity index (χ1v) is 8.03. The molecule has 2 aliphatic rings. The second-order valence-electron chi connectivity index (χ2n) is 6.93. The summed E-state index contributed by atoms with van der Waals surface area (Å²) >= 11 is 0. The van der Waals surface area contributed by atoms with Gasteiger partial charge in [0.05, 0.1) is 0 Å². The molecule has 1 aliphatic heterocycles. The minimum atomic E-state index is -2.50. The van der Waals surface area contributed by atoms with E-state index in [-0.39, 0.29) is 18.4 Å². The van der Waals surface area contributed by atoms with Gasteiger partial charge in [-0.1, -0.05) is 27.2 Å². The zero-order chi connectivity index (χ0) is 15.6. The Bertz CT molecular complexity index is 412. The number of carbonyl (C=O) groups is 2. The molecular formula is C16H26FNO3. The lowest BCUT2D eigenvalue weighted by molar-refractivity contribution is -0.175. The molecule has 1 saturated heterocycles. The highest BCUT2D eigenvalue weighted by molar-refractivity contribution is 6.06. The zero-order valence-electron chi connectivity index (χ0n) is 13.2. The first-order valence-electron chi connectivity index (χ1n) is 8.03. The maximum atomic E-state index is 14.7. The van der Waals surface area contributed by atoms with Crippen LogP contribution in [0.5, 0.6) is 0 Å². The highest BCUT2D eigenvalue weighted by Crippen LogP contribution is 2.36. The number of hydrogen-bond acceptors (Lipinski definition) is 3. The lowest BCUT2D eigenvalue weighted by atomic mass is 9.75. The quantitative estimate of drug-likeness (QED) is 0.644. The fourth-order valence-electron chi connectivity index (χ4n) is 3.46. The fourth-order valence-corrected chi connectivity index (χ4v) is 3.46. The second-order valence-corrected chi connectivity index (χ2v) is 6.93. The second kappa shape index (κ2) is 6.32. The molecule has 1 aliphatic carbocycles. The van der Waals surface area contributed by atoms with Gasteiger partial charge in [0, 0.05) is 13.0 Å². The van der Waals surface area contributed by atoms with Crippen LogP contribution in [0.4, 0.5) is 4.39 Å². The molecular weight excluding hydrogens is 273 g/mol. The van der Waals surface area contributed by atoms with Crippen molar-refractivity contribution in [3.05, 3.63) is 0 Å². The van der Waals surface area contributed by atoms with Crippen LogP contribution in [-0.4, -0.2) is 30.2 Å². The average Bonchev–Trinajstić information content (AvgIpc) is 2.42. The Labute approximate surface area is 125 Å². The molecule has 0 radical (unpaired) electrons. The summed E-state index contributed by atoms with van der Waals surface area (Å²) in [6.45, 7) is 6.74. The Hall–Kier alpha value is -1.13. The maximum Gasteiger partial charge on any atom is 0.354 e. The van der Waals surface area contributed by atoms with E-state index in [1.807, 2.05) is 0 Å². The number of amides is 1. The van der Waals surface area contributed by atoms with Gasteiger partial charge in [0.1, 0.15) is 6.10 Å². The molecule has 1 saturated carbocycles. The van der Waals surface area contributed by atoms with E-state index in [1.54, 1.807) is 0 Å². The monoisotopic (exact) mass is 299 g/mol. The number of carbonyl (C=O) groups excluding carboxylic acids is 2. The van der Waals surface area contributed by atoms with Gasteiger partial charge in [-0.15, -0.1) is 0 Å². The molecule has 120 valence electrons. The predicted octanol–water partition coefficient (Wildman–Crippen LogP) is 2.61. The lowest BCUT2D eigenvalue weighted by Gasteiger charge is -2.38. The van der Waals surface area contributed by atoms with Crippen molar-refractivity contribution in [3.63, 3.8) is 0 Å². The number of rotatable bonds is 3. The molecule has 0 aromatic rings. The third kappa shape index (κ3) is 3.38. The maximum absolute atomic E-state index is 14.7. The Morgan fingerprint density at radius 3 is 2.76 bits per heavy atom. The Kier molecular flexibility index (Phi) is 4.89. The van der Waals surface area contributed by atoms with Crippen molar-refractivity contribution in [3.8, 4) is 0 Å². The normalized spacial score (nSPS) is 37.2. The smallest absolute Gasteiger partial charge is 0.354 e. The molecule has 1 amide bonds. The zero-order valence-corrected chi connectivity index (χ0v) is 13.2. The number of esters is 1. The number of ether oxygens (including phenoxy) is 1. The summed E-state index contributed by atoms with van der Waals surface area (Å²) in [5.74, 6) is -0.742. The van der Waals surface area contributed by atoms with E-state index in [0.717, 1.165) is 19.3 Å². The van der Waals surface area contributed by atoms with Gasteiger partial charge in [0.2, 0.25) is 0 Å². The van der Waals surface area contributed by atoms with Gasteiger partial charge in [-0.05, 0) is 37.0 Å². The summed E-state index contributed by atoms with van der Waals surface area (Å²) in [5.41, 5.74) is -2.50. The third-order valence-electron chi connectivity index (χ3n) is 4.89. The van der Waals surface area contributed by atoms with E-state index < -0.39 is 17.5 Å². The molecule has 4 unspecified atom stereocenters. The van der Waals surface area contributed by atoms with Crippen LogP contribution in [0.3, 0.4) is 0 Å². The lowest BCUT2D eigenvalue weighted by Crippen LogP contribution is -2.55. The minimum Gasteiger partial charge on any atom is -0.459 e. The Morgan fingerprint density at radius 1 is 1.43 bits per heavy atom. The molecule has 0 aromatic carbocycles. The summed E-state index contributed by atoms with van der Waals surface area (Å²) in [4.78, 5) is 23.9. The number of hydrogen-bond donors (Lipinski definition) is 1. The van der Waals surface area contributed by atoms with Gasteiger partial charge >= 0.3 is 5.97 Å². The predicted molar refractivity (Wildman–Crippen MR) is 77.3 cm³/mol. The van der Waals surface area contributed by atoms with Crippen molar-refractivity contribution in [2.75, 3.05) is 6.54 Å². The van der Waals surface area contributed by atoms with Crippen molar-refractivity contribution >= 4 is 11.9 Å². The number of nitrogens with one attached hydrogen (secondary N) is 1. The van der Waals surface area contributed by atoms with Crippen LogP contribution in [0, 0.1) is 17.8 Å².